The number of pyridine rings is 1. The first kappa shape index (κ1) is 14.9. The number of rotatable bonds is 2. The number of amides is 1. The highest BCUT2D eigenvalue weighted by Gasteiger charge is 2.19. The van der Waals surface area contributed by atoms with Gasteiger partial charge in [0.15, 0.2) is 0 Å². The van der Waals surface area contributed by atoms with Gasteiger partial charge in [0, 0.05) is 30.0 Å². The smallest absolute Gasteiger partial charge is 0.255 e. The van der Waals surface area contributed by atoms with Crippen molar-refractivity contribution >= 4 is 27.4 Å². The largest absolute Gasteiger partial charge is 0.335 e. The Labute approximate surface area is 136 Å². The fraction of sp³-hybridized carbons (Fsp3) is 0.176. The maximum Gasteiger partial charge on any atom is 0.255 e. The number of halogens is 2. The number of benzene rings is 1. The van der Waals surface area contributed by atoms with E-state index in [-0.39, 0.29) is 11.7 Å². The number of aromatic nitrogens is 1. The molecule has 0 bridgehead atoms. The molecule has 2 heterocycles. The van der Waals surface area contributed by atoms with E-state index in [2.05, 4.69) is 20.9 Å². The topological polar surface area (TPSA) is 33.2 Å². The summed E-state index contributed by atoms with van der Waals surface area (Å²) < 4.78 is 13.7. The van der Waals surface area contributed by atoms with Crippen LogP contribution in [0.25, 0.3) is 5.57 Å². The molecule has 0 fully saturated rings. The van der Waals surface area contributed by atoms with Crippen LogP contribution in [0.5, 0.6) is 0 Å². The van der Waals surface area contributed by atoms with E-state index in [4.69, 9.17) is 0 Å². The molecule has 112 valence electrons. The van der Waals surface area contributed by atoms with Gasteiger partial charge in [-0.05, 0) is 51.7 Å². The third-order valence-electron chi connectivity index (χ3n) is 3.66. The summed E-state index contributed by atoms with van der Waals surface area (Å²) in [4.78, 5) is 18.2. The first-order valence-corrected chi connectivity index (χ1v) is 7.77. The summed E-state index contributed by atoms with van der Waals surface area (Å²) in [6.07, 6.45) is 6.02. The van der Waals surface area contributed by atoms with Crippen molar-refractivity contribution < 1.29 is 9.18 Å². The minimum absolute atomic E-state index is 0.0248. The molecule has 1 aliphatic rings. The summed E-state index contributed by atoms with van der Waals surface area (Å²) >= 11 is 3.32. The molecule has 0 unspecified atom stereocenters. The molecule has 0 saturated carbocycles. The van der Waals surface area contributed by atoms with Crippen LogP contribution in [0.1, 0.15) is 22.3 Å². The van der Waals surface area contributed by atoms with Crippen molar-refractivity contribution in [2.24, 2.45) is 0 Å². The van der Waals surface area contributed by atoms with Crippen LogP contribution in [-0.4, -0.2) is 28.9 Å². The molecule has 0 radical (unpaired) electrons. The van der Waals surface area contributed by atoms with E-state index in [9.17, 15) is 9.18 Å². The van der Waals surface area contributed by atoms with E-state index in [0.29, 0.717) is 18.7 Å². The maximum absolute atomic E-state index is 13.0. The predicted octanol–water partition coefficient (Wildman–Crippen LogP) is 3.91. The molecule has 1 aliphatic heterocycles. The lowest BCUT2D eigenvalue weighted by Gasteiger charge is -2.26. The Balaban J connectivity index is 1.73. The Morgan fingerprint density at radius 2 is 2.00 bits per heavy atom. The quantitative estimate of drug-likeness (QED) is 0.813. The monoisotopic (exact) mass is 360 g/mol. The van der Waals surface area contributed by atoms with E-state index in [1.807, 2.05) is 6.08 Å². The number of hydrogen-bond donors (Lipinski definition) is 0. The lowest BCUT2D eigenvalue weighted by molar-refractivity contribution is 0.0772. The SMILES string of the molecule is O=C(c1cncc(Br)c1)N1CC=C(c2ccc(F)cc2)CC1. The van der Waals surface area contributed by atoms with E-state index < -0.39 is 0 Å². The first-order valence-electron chi connectivity index (χ1n) is 6.98. The molecular formula is C17H14BrFN2O. The van der Waals surface area contributed by atoms with Crippen LogP contribution in [0, 0.1) is 5.82 Å². The van der Waals surface area contributed by atoms with Crippen LogP contribution in [0.3, 0.4) is 0 Å². The van der Waals surface area contributed by atoms with E-state index in [1.54, 1.807) is 35.5 Å². The number of hydrogen-bond acceptors (Lipinski definition) is 2. The average molecular weight is 361 g/mol. The van der Waals surface area contributed by atoms with E-state index in [1.165, 1.54) is 12.1 Å². The Morgan fingerprint density at radius 3 is 2.64 bits per heavy atom. The summed E-state index contributed by atoms with van der Waals surface area (Å²) in [5.74, 6) is -0.262. The van der Waals surface area contributed by atoms with Crippen molar-refractivity contribution in [3.8, 4) is 0 Å². The van der Waals surface area contributed by atoms with Gasteiger partial charge in [-0.15, -0.1) is 0 Å². The molecule has 3 rings (SSSR count). The Morgan fingerprint density at radius 1 is 1.23 bits per heavy atom. The molecule has 5 heteroatoms. The Hall–Kier alpha value is -2.01. The molecular weight excluding hydrogens is 347 g/mol. The zero-order valence-electron chi connectivity index (χ0n) is 11.8. The van der Waals surface area contributed by atoms with Gasteiger partial charge >= 0.3 is 0 Å². The zero-order valence-corrected chi connectivity index (χ0v) is 13.4. The van der Waals surface area contributed by atoms with Crippen molar-refractivity contribution in [1.29, 1.82) is 0 Å². The van der Waals surface area contributed by atoms with Gasteiger partial charge in [-0.3, -0.25) is 9.78 Å². The molecule has 0 aliphatic carbocycles. The van der Waals surface area contributed by atoms with Crippen molar-refractivity contribution in [1.82, 2.24) is 9.88 Å². The molecule has 1 aromatic heterocycles. The zero-order chi connectivity index (χ0) is 15.5. The maximum atomic E-state index is 13.0. The van der Waals surface area contributed by atoms with Gasteiger partial charge in [0.25, 0.3) is 5.91 Å². The minimum atomic E-state index is -0.237. The van der Waals surface area contributed by atoms with E-state index in [0.717, 1.165) is 22.0 Å². The van der Waals surface area contributed by atoms with Gasteiger partial charge in [0.1, 0.15) is 5.82 Å². The van der Waals surface area contributed by atoms with Crippen LogP contribution in [-0.2, 0) is 0 Å². The second-order valence-corrected chi connectivity index (χ2v) is 6.04. The summed E-state index contributed by atoms with van der Waals surface area (Å²) in [5.41, 5.74) is 2.74. The molecule has 0 N–H and O–H groups in total. The van der Waals surface area contributed by atoms with Crippen molar-refractivity contribution in [2.45, 2.75) is 6.42 Å². The normalized spacial score (nSPS) is 14.6. The average Bonchev–Trinajstić information content (AvgIpc) is 2.55. The summed E-state index contributed by atoms with van der Waals surface area (Å²) in [6, 6.07) is 8.24. The lowest BCUT2D eigenvalue weighted by atomic mass is 9.99. The van der Waals surface area contributed by atoms with Gasteiger partial charge in [-0.1, -0.05) is 18.2 Å². The van der Waals surface area contributed by atoms with Gasteiger partial charge in [-0.25, -0.2) is 4.39 Å². The fourth-order valence-electron chi connectivity index (χ4n) is 2.49. The molecule has 0 spiro atoms. The van der Waals surface area contributed by atoms with Crippen molar-refractivity contribution in [2.75, 3.05) is 13.1 Å². The Bertz CT molecular complexity index is 728. The molecule has 0 saturated heterocycles. The van der Waals surface area contributed by atoms with Gasteiger partial charge in [0.05, 0.1) is 5.56 Å². The molecule has 3 nitrogen and oxygen atoms in total. The molecule has 1 amide bonds. The van der Waals surface area contributed by atoms with Crippen LogP contribution >= 0.6 is 15.9 Å². The van der Waals surface area contributed by atoms with Gasteiger partial charge in [-0.2, -0.15) is 0 Å². The number of carbonyl (C=O) groups is 1. The first-order chi connectivity index (χ1) is 10.6. The summed E-state index contributed by atoms with van der Waals surface area (Å²) in [5, 5.41) is 0. The third kappa shape index (κ3) is 3.25. The summed E-state index contributed by atoms with van der Waals surface area (Å²) in [7, 11) is 0. The standard InChI is InChI=1S/C17H14BrFN2O/c18-15-9-14(10-20-11-15)17(22)21-7-5-13(6-8-21)12-1-3-16(19)4-2-12/h1-5,9-11H,6-8H2. The van der Waals surface area contributed by atoms with Crippen LogP contribution in [0.4, 0.5) is 4.39 Å². The van der Waals surface area contributed by atoms with E-state index >= 15 is 0 Å². The van der Waals surface area contributed by atoms with Crippen molar-refractivity contribution in [3.05, 3.63) is 70.2 Å². The van der Waals surface area contributed by atoms with Gasteiger partial charge < -0.3 is 4.90 Å². The highest BCUT2D eigenvalue weighted by atomic mass is 79.9. The molecule has 1 aromatic carbocycles. The summed E-state index contributed by atoms with van der Waals surface area (Å²) in [6.45, 7) is 1.20. The van der Waals surface area contributed by atoms with Crippen LogP contribution in [0.15, 0.2) is 53.3 Å². The lowest BCUT2D eigenvalue weighted by Crippen LogP contribution is -2.34. The van der Waals surface area contributed by atoms with Crippen LogP contribution < -0.4 is 0 Å². The highest BCUT2D eigenvalue weighted by Crippen LogP contribution is 2.23. The minimum Gasteiger partial charge on any atom is -0.335 e. The third-order valence-corrected chi connectivity index (χ3v) is 4.10. The second kappa shape index (κ2) is 6.40. The molecule has 22 heavy (non-hydrogen) atoms. The second-order valence-electron chi connectivity index (χ2n) is 5.13. The Kier molecular flexibility index (Phi) is 4.34. The molecule has 0 atom stereocenters. The fourth-order valence-corrected chi connectivity index (χ4v) is 2.86. The number of nitrogens with zero attached hydrogens (tertiary/aromatic N) is 2. The number of carbonyl (C=O) groups excluding carboxylic acids is 1. The molecule has 2 aromatic rings. The van der Waals surface area contributed by atoms with Crippen molar-refractivity contribution in [3.63, 3.8) is 0 Å². The highest BCUT2D eigenvalue weighted by molar-refractivity contribution is 9.10. The van der Waals surface area contributed by atoms with Gasteiger partial charge in [0.2, 0.25) is 0 Å². The van der Waals surface area contributed by atoms with Crippen LogP contribution in [0.2, 0.25) is 0 Å². The predicted molar refractivity (Wildman–Crippen MR) is 86.8 cm³/mol.